The molecule has 4 aromatic rings. The molecular formula is C25H21BrN4O3S. The lowest BCUT2D eigenvalue weighted by Crippen LogP contribution is -2.45. The topological polar surface area (TPSA) is 93.2 Å². The van der Waals surface area contributed by atoms with Gasteiger partial charge in [-0.15, -0.1) is 10.2 Å². The van der Waals surface area contributed by atoms with Gasteiger partial charge in [0.25, 0.3) is 5.91 Å². The lowest BCUT2D eigenvalue weighted by atomic mass is 10.0. The molecule has 9 heteroatoms. The Labute approximate surface area is 209 Å². The number of hydrogen-bond acceptors (Lipinski definition) is 6. The van der Waals surface area contributed by atoms with E-state index in [1.165, 1.54) is 18.4 Å². The van der Waals surface area contributed by atoms with Crippen molar-refractivity contribution >= 4 is 44.2 Å². The monoisotopic (exact) mass is 536 g/mol. The van der Waals surface area contributed by atoms with Crippen molar-refractivity contribution in [1.82, 2.24) is 15.5 Å². The molecule has 0 spiro atoms. The van der Waals surface area contributed by atoms with E-state index >= 15 is 0 Å². The highest BCUT2D eigenvalue weighted by atomic mass is 79.9. The van der Waals surface area contributed by atoms with Crippen molar-refractivity contribution in [2.75, 3.05) is 12.4 Å². The highest BCUT2D eigenvalue weighted by Gasteiger charge is 2.24. The van der Waals surface area contributed by atoms with Gasteiger partial charge in [-0.3, -0.25) is 14.9 Å². The van der Waals surface area contributed by atoms with Crippen LogP contribution in [-0.2, 0) is 11.2 Å². The Morgan fingerprint density at radius 2 is 1.68 bits per heavy atom. The predicted molar refractivity (Wildman–Crippen MR) is 136 cm³/mol. The molecule has 172 valence electrons. The second-order valence-electron chi connectivity index (χ2n) is 7.32. The van der Waals surface area contributed by atoms with E-state index in [1.54, 1.807) is 24.3 Å². The fourth-order valence-electron chi connectivity index (χ4n) is 3.30. The average Bonchev–Trinajstić information content (AvgIpc) is 3.33. The first-order chi connectivity index (χ1) is 16.5. The number of rotatable bonds is 8. The lowest BCUT2D eigenvalue weighted by Gasteiger charge is -2.18. The first kappa shape index (κ1) is 23.6. The summed E-state index contributed by atoms with van der Waals surface area (Å²) in [5.41, 5.74) is 2.16. The van der Waals surface area contributed by atoms with Crippen LogP contribution in [-0.4, -0.2) is 35.2 Å². The number of para-hydroxylation sites is 1. The van der Waals surface area contributed by atoms with Gasteiger partial charge in [-0.1, -0.05) is 81.9 Å². The number of ether oxygens (including phenoxy) is 1. The van der Waals surface area contributed by atoms with Gasteiger partial charge >= 0.3 is 0 Å². The highest BCUT2D eigenvalue weighted by Crippen LogP contribution is 2.27. The van der Waals surface area contributed by atoms with Gasteiger partial charge in [0.05, 0.1) is 12.7 Å². The molecule has 0 aliphatic rings. The minimum atomic E-state index is -0.833. The zero-order valence-electron chi connectivity index (χ0n) is 18.2. The van der Waals surface area contributed by atoms with Crippen LogP contribution < -0.4 is 15.4 Å². The van der Waals surface area contributed by atoms with Gasteiger partial charge in [-0.25, -0.2) is 0 Å². The maximum absolute atomic E-state index is 13.2. The smallest absolute Gasteiger partial charge is 0.255 e. The Kier molecular flexibility index (Phi) is 7.66. The van der Waals surface area contributed by atoms with Crippen LogP contribution in [0.1, 0.15) is 15.9 Å². The van der Waals surface area contributed by atoms with Crippen LogP contribution in [0.4, 0.5) is 5.13 Å². The zero-order valence-corrected chi connectivity index (χ0v) is 20.6. The van der Waals surface area contributed by atoms with Gasteiger partial charge < -0.3 is 10.1 Å². The third-order valence-electron chi connectivity index (χ3n) is 5.00. The van der Waals surface area contributed by atoms with Crippen molar-refractivity contribution in [1.29, 1.82) is 0 Å². The molecule has 0 saturated heterocycles. The number of anilines is 1. The molecule has 1 heterocycles. The number of carbonyl (C=O) groups excluding carboxylic acids is 2. The van der Waals surface area contributed by atoms with E-state index in [0.29, 0.717) is 27.9 Å². The van der Waals surface area contributed by atoms with Crippen molar-refractivity contribution in [2.45, 2.75) is 12.5 Å². The molecule has 7 nitrogen and oxygen atoms in total. The third kappa shape index (κ3) is 5.86. The Hall–Kier alpha value is -3.56. The SMILES string of the molecule is COc1ccccc1C(=O)N[C@H](Cc1ccccc1)C(=O)Nc1nnc(-c2ccc(Br)cc2)s1. The lowest BCUT2D eigenvalue weighted by molar-refractivity contribution is -0.118. The van der Waals surface area contributed by atoms with Crippen LogP contribution in [0.3, 0.4) is 0 Å². The van der Waals surface area contributed by atoms with E-state index < -0.39 is 11.9 Å². The van der Waals surface area contributed by atoms with Crippen molar-refractivity contribution in [2.24, 2.45) is 0 Å². The minimum Gasteiger partial charge on any atom is -0.496 e. The van der Waals surface area contributed by atoms with E-state index in [0.717, 1.165) is 15.6 Å². The Morgan fingerprint density at radius 3 is 2.41 bits per heavy atom. The molecule has 1 aromatic heterocycles. The molecule has 2 amide bonds. The molecule has 0 saturated carbocycles. The molecule has 2 N–H and O–H groups in total. The normalized spacial score (nSPS) is 11.5. The molecule has 0 unspecified atom stereocenters. The summed E-state index contributed by atoms with van der Waals surface area (Å²) in [5, 5.41) is 15.0. The molecule has 4 rings (SSSR count). The predicted octanol–water partition coefficient (Wildman–Crippen LogP) is 4.96. The zero-order chi connectivity index (χ0) is 23.9. The number of carbonyl (C=O) groups is 2. The van der Waals surface area contributed by atoms with Crippen LogP contribution in [0.25, 0.3) is 10.6 Å². The summed E-state index contributed by atoms with van der Waals surface area (Å²) in [6.07, 6.45) is 0.311. The van der Waals surface area contributed by atoms with Crippen molar-refractivity contribution < 1.29 is 14.3 Å². The van der Waals surface area contributed by atoms with Gasteiger partial charge in [0.1, 0.15) is 16.8 Å². The number of aromatic nitrogens is 2. The van der Waals surface area contributed by atoms with Crippen LogP contribution in [0, 0.1) is 0 Å². The van der Waals surface area contributed by atoms with Gasteiger partial charge in [0.2, 0.25) is 11.0 Å². The summed E-state index contributed by atoms with van der Waals surface area (Å²) in [7, 11) is 1.50. The molecule has 0 aliphatic carbocycles. The fraction of sp³-hybridized carbons (Fsp3) is 0.120. The maximum atomic E-state index is 13.2. The third-order valence-corrected chi connectivity index (χ3v) is 6.42. The Bertz CT molecular complexity index is 1280. The van der Waals surface area contributed by atoms with Crippen molar-refractivity contribution in [3.63, 3.8) is 0 Å². The van der Waals surface area contributed by atoms with E-state index in [-0.39, 0.29) is 5.91 Å². The van der Waals surface area contributed by atoms with Gasteiger partial charge in [-0.05, 0) is 29.8 Å². The standard InChI is InChI=1S/C25H21BrN4O3S/c1-33-21-10-6-5-9-19(21)22(31)27-20(15-16-7-3-2-4-8-16)23(32)28-25-30-29-24(34-25)17-11-13-18(26)14-12-17/h2-14,20H,15H2,1H3,(H,27,31)(H,28,30,32)/t20-/m1/s1. The number of benzene rings is 3. The summed E-state index contributed by atoms with van der Waals surface area (Å²) in [6.45, 7) is 0. The van der Waals surface area contributed by atoms with E-state index in [4.69, 9.17) is 4.74 Å². The number of halogens is 1. The van der Waals surface area contributed by atoms with Crippen LogP contribution in [0.2, 0.25) is 0 Å². The van der Waals surface area contributed by atoms with E-state index in [2.05, 4.69) is 36.8 Å². The number of hydrogen-bond donors (Lipinski definition) is 2. The van der Waals surface area contributed by atoms with Crippen molar-refractivity contribution in [3.05, 3.63) is 94.5 Å². The summed E-state index contributed by atoms with van der Waals surface area (Å²) < 4.78 is 6.26. The summed E-state index contributed by atoms with van der Waals surface area (Å²) in [4.78, 5) is 26.2. The minimum absolute atomic E-state index is 0.311. The number of amides is 2. The fourth-order valence-corrected chi connectivity index (χ4v) is 4.32. The molecule has 1 atom stereocenters. The summed E-state index contributed by atoms with van der Waals surface area (Å²) in [5.74, 6) is -0.353. The maximum Gasteiger partial charge on any atom is 0.255 e. The molecule has 0 fully saturated rings. The number of nitrogens with one attached hydrogen (secondary N) is 2. The second kappa shape index (κ2) is 11.0. The van der Waals surface area contributed by atoms with Gasteiger partial charge in [-0.2, -0.15) is 0 Å². The molecule has 34 heavy (non-hydrogen) atoms. The van der Waals surface area contributed by atoms with Crippen LogP contribution in [0.5, 0.6) is 5.75 Å². The first-order valence-electron chi connectivity index (χ1n) is 10.4. The van der Waals surface area contributed by atoms with Gasteiger partial charge in [0.15, 0.2) is 0 Å². The summed E-state index contributed by atoms with van der Waals surface area (Å²) in [6, 6.07) is 23.2. The molecule has 0 aliphatic heterocycles. The molecular weight excluding hydrogens is 516 g/mol. The molecule has 3 aromatic carbocycles. The van der Waals surface area contributed by atoms with E-state index in [9.17, 15) is 9.59 Å². The van der Waals surface area contributed by atoms with Crippen molar-refractivity contribution in [3.8, 4) is 16.3 Å². The quantitative estimate of drug-likeness (QED) is 0.332. The Morgan fingerprint density at radius 1 is 0.971 bits per heavy atom. The molecule has 0 bridgehead atoms. The van der Waals surface area contributed by atoms with Crippen LogP contribution >= 0.6 is 27.3 Å². The Balaban J connectivity index is 1.53. The van der Waals surface area contributed by atoms with E-state index in [1.807, 2.05) is 54.6 Å². The summed E-state index contributed by atoms with van der Waals surface area (Å²) >= 11 is 4.68. The largest absolute Gasteiger partial charge is 0.496 e. The highest BCUT2D eigenvalue weighted by molar-refractivity contribution is 9.10. The number of nitrogens with zero attached hydrogens (tertiary/aromatic N) is 2. The average molecular weight is 537 g/mol. The van der Waals surface area contributed by atoms with Crippen LogP contribution in [0.15, 0.2) is 83.3 Å². The second-order valence-corrected chi connectivity index (χ2v) is 9.22. The van der Waals surface area contributed by atoms with Gasteiger partial charge in [0, 0.05) is 16.5 Å². The first-order valence-corrected chi connectivity index (χ1v) is 12.0. The number of methoxy groups -OCH3 is 1. The molecule has 0 radical (unpaired) electrons.